The highest BCUT2D eigenvalue weighted by Gasteiger charge is 2.40. The normalized spacial score (nSPS) is 22.5. The zero-order chi connectivity index (χ0) is 21.5. The van der Waals surface area contributed by atoms with Gasteiger partial charge in [0.05, 0.1) is 16.9 Å². The van der Waals surface area contributed by atoms with E-state index >= 15 is 0 Å². The predicted molar refractivity (Wildman–Crippen MR) is 122 cm³/mol. The molecule has 31 heavy (non-hydrogen) atoms. The molecule has 5 rings (SSSR count). The second-order valence-corrected chi connectivity index (χ2v) is 9.27. The van der Waals surface area contributed by atoms with E-state index in [1.165, 1.54) is 12.8 Å². The first-order chi connectivity index (χ1) is 15.0. The van der Waals surface area contributed by atoms with Crippen LogP contribution >= 0.6 is 34.8 Å². The number of carbonyl (C=O) groups is 1. The van der Waals surface area contributed by atoms with Gasteiger partial charge in [0.15, 0.2) is 5.82 Å². The van der Waals surface area contributed by atoms with Gasteiger partial charge >= 0.3 is 0 Å². The molecule has 0 bridgehead atoms. The van der Waals surface area contributed by atoms with Gasteiger partial charge in [-0.1, -0.05) is 41.2 Å². The molecule has 0 spiro atoms. The van der Waals surface area contributed by atoms with Crippen molar-refractivity contribution in [2.45, 2.75) is 25.4 Å². The zero-order valence-corrected chi connectivity index (χ0v) is 18.8. The number of benzene rings is 2. The molecule has 2 aromatic carbocycles. The number of hydrogen-bond donors (Lipinski definition) is 2. The fourth-order valence-electron chi connectivity index (χ4n) is 4.57. The number of nitrogens with zero attached hydrogens (tertiary/aromatic N) is 3. The molecule has 1 amide bonds. The number of rotatable bonds is 4. The zero-order valence-electron chi connectivity index (χ0n) is 16.5. The van der Waals surface area contributed by atoms with Crippen LogP contribution in [0.1, 0.15) is 29.9 Å². The Balaban J connectivity index is 1.51. The van der Waals surface area contributed by atoms with Gasteiger partial charge in [0.25, 0.3) is 5.91 Å². The van der Waals surface area contributed by atoms with Crippen molar-refractivity contribution in [2.75, 3.05) is 6.54 Å². The first-order valence-corrected chi connectivity index (χ1v) is 11.4. The summed E-state index contributed by atoms with van der Waals surface area (Å²) in [5, 5.41) is 12.6. The van der Waals surface area contributed by atoms with Gasteiger partial charge in [0.1, 0.15) is 0 Å². The summed E-state index contributed by atoms with van der Waals surface area (Å²) in [5.41, 5.74) is 1.34. The summed E-state index contributed by atoms with van der Waals surface area (Å²) in [7, 11) is 0. The second-order valence-electron chi connectivity index (χ2n) is 7.99. The van der Waals surface area contributed by atoms with Crippen molar-refractivity contribution in [3.63, 3.8) is 0 Å². The van der Waals surface area contributed by atoms with Crippen molar-refractivity contribution >= 4 is 40.7 Å². The fourth-order valence-corrected chi connectivity index (χ4v) is 5.19. The number of carbonyl (C=O) groups excluding carboxylic acids is 1. The van der Waals surface area contributed by atoms with Gasteiger partial charge in [-0.2, -0.15) is 0 Å². The van der Waals surface area contributed by atoms with E-state index in [1.54, 1.807) is 35.0 Å². The summed E-state index contributed by atoms with van der Waals surface area (Å²) < 4.78 is 1.60. The lowest BCUT2D eigenvalue weighted by atomic mass is 9.98. The van der Waals surface area contributed by atoms with Crippen LogP contribution < -0.4 is 10.6 Å². The SMILES string of the molecule is O=C(NC1NCC2CCCC21)c1nc(-c2ccc(Cl)cc2Cl)n(-c2ccc(Cl)cc2)n1. The van der Waals surface area contributed by atoms with Gasteiger partial charge in [-0.05, 0) is 67.1 Å². The standard InChI is InChI=1S/C22H20Cl3N5O/c23-13-4-7-15(8-5-13)30-21(17-9-6-14(24)10-18(17)25)27-20(29-30)22(31)28-19-16-3-1-2-12(16)11-26-19/h4-10,12,16,19,26H,1-3,11H2,(H,28,31). The van der Waals surface area contributed by atoms with E-state index in [0.29, 0.717) is 44.0 Å². The minimum Gasteiger partial charge on any atom is -0.334 e. The van der Waals surface area contributed by atoms with Crippen LogP contribution in [0.5, 0.6) is 0 Å². The van der Waals surface area contributed by atoms with Crippen LogP contribution in [-0.4, -0.2) is 33.4 Å². The lowest BCUT2D eigenvalue weighted by molar-refractivity contribution is 0.0910. The summed E-state index contributed by atoms with van der Waals surface area (Å²) in [4.78, 5) is 17.6. The molecule has 160 valence electrons. The molecule has 1 aliphatic heterocycles. The summed E-state index contributed by atoms with van der Waals surface area (Å²) in [6, 6.07) is 12.3. The third-order valence-corrected chi connectivity index (χ3v) is 6.89. The molecular weight excluding hydrogens is 457 g/mol. The van der Waals surface area contributed by atoms with Crippen molar-refractivity contribution in [1.82, 2.24) is 25.4 Å². The topological polar surface area (TPSA) is 71.8 Å². The lowest BCUT2D eigenvalue weighted by Crippen LogP contribution is -2.45. The lowest BCUT2D eigenvalue weighted by Gasteiger charge is -2.18. The molecule has 6 nitrogen and oxygen atoms in total. The van der Waals surface area contributed by atoms with E-state index in [4.69, 9.17) is 34.8 Å². The van der Waals surface area contributed by atoms with Crippen molar-refractivity contribution in [3.05, 3.63) is 63.4 Å². The molecule has 0 radical (unpaired) electrons. The molecule has 1 aromatic heterocycles. The van der Waals surface area contributed by atoms with E-state index in [2.05, 4.69) is 20.7 Å². The molecule has 9 heteroatoms. The summed E-state index contributed by atoms with van der Waals surface area (Å²) >= 11 is 18.5. The fraction of sp³-hybridized carbons (Fsp3) is 0.318. The van der Waals surface area contributed by atoms with E-state index in [-0.39, 0.29) is 17.9 Å². The maximum atomic E-state index is 13.0. The highest BCUT2D eigenvalue weighted by molar-refractivity contribution is 6.36. The highest BCUT2D eigenvalue weighted by Crippen LogP contribution is 2.37. The Morgan fingerprint density at radius 2 is 1.84 bits per heavy atom. The average molecular weight is 477 g/mol. The van der Waals surface area contributed by atoms with Gasteiger partial charge in [0.2, 0.25) is 5.82 Å². The molecule has 3 unspecified atom stereocenters. The molecule has 3 atom stereocenters. The Hall–Kier alpha value is -2.12. The van der Waals surface area contributed by atoms with E-state index < -0.39 is 0 Å². The third-order valence-electron chi connectivity index (χ3n) is 6.09. The highest BCUT2D eigenvalue weighted by atomic mass is 35.5. The minimum atomic E-state index is -0.316. The van der Waals surface area contributed by atoms with Crippen LogP contribution in [0.4, 0.5) is 0 Å². The smallest absolute Gasteiger partial charge is 0.292 e. The van der Waals surface area contributed by atoms with E-state index in [9.17, 15) is 4.79 Å². The Labute approximate surface area is 194 Å². The molecular formula is C22H20Cl3N5O. The molecule has 1 saturated carbocycles. The molecule has 1 aliphatic carbocycles. The Bertz CT molecular complexity index is 1130. The summed E-state index contributed by atoms with van der Waals surface area (Å²) in [5.74, 6) is 1.32. The van der Waals surface area contributed by atoms with Crippen LogP contribution in [0.15, 0.2) is 42.5 Å². The number of aromatic nitrogens is 3. The molecule has 2 aliphatic rings. The van der Waals surface area contributed by atoms with Gasteiger partial charge in [-0.25, -0.2) is 9.67 Å². The maximum Gasteiger partial charge on any atom is 0.292 e. The van der Waals surface area contributed by atoms with Crippen molar-refractivity contribution in [2.24, 2.45) is 11.8 Å². The maximum absolute atomic E-state index is 13.0. The summed E-state index contributed by atoms with van der Waals surface area (Å²) in [6.45, 7) is 0.938. The molecule has 2 N–H and O–H groups in total. The number of nitrogens with one attached hydrogen (secondary N) is 2. The van der Waals surface area contributed by atoms with Crippen LogP contribution in [0.3, 0.4) is 0 Å². The predicted octanol–water partition coefficient (Wildman–Crippen LogP) is 4.97. The quantitative estimate of drug-likeness (QED) is 0.558. The van der Waals surface area contributed by atoms with Gasteiger partial charge in [0, 0.05) is 22.2 Å². The van der Waals surface area contributed by atoms with Crippen LogP contribution in [0, 0.1) is 11.8 Å². The van der Waals surface area contributed by atoms with Crippen LogP contribution in [0.25, 0.3) is 17.1 Å². The molecule has 2 heterocycles. The largest absolute Gasteiger partial charge is 0.334 e. The molecule has 3 aromatic rings. The number of amides is 1. The number of hydrogen-bond acceptors (Lipinski definition) is 4. The van der Waals surface area contributed by atoms with Gasteiger partial charge in [-0.15, -0.1) is 5.10 Å². The molecule has 2 fully saturated rings. The van der Waals surface area contributed by atoms with E-state index in [1.807, 2.05) is 12.1 Å². The number of fused-ring (bicyclic) bond motifs is 1. The Morgan fingerprint density at radius 3 is 2.61 bits per heavy atom. The number of halogens is 3. The third kappa shape index (κ3) is 4.05. The van der Waals surface area contributed by atoms with E-state index in [0.717, 1.165) is 13.0 Å². The second kappa shape index (κ2) is 8.43. The van der Waals surface area contributed by atoms with Crippen LogP contribution in [-0.2, 0) is 0 Å². The van der Waals surface area contributed by atoms with Crippen LogP contribution in [0.2, 0.25) is 15.1 Å². The Morgan fingerprint density at radius 1 is 1.06 bits per heavy atom. The van der Waals surface area contributed by atoms with Crippen molar-refractivity contribution in [3.8, 4) is 17.1 Å². The minimum absolute atomic E-state index is 0.0509. The van der Waals surface area contributed by atoms with Gasteiger partial charge in [-0.3, -0.25) is 10.1 Å². The summed E-state index contributed by atoms with van der Waals surface area (Å²) in [6.07, 6.45) is 3.50. The monoisotopic (exact) mass is 475 g/mol. The van der Waals surface area contributed by atoms with Crippen molar-refractivity contribution < 1.29 is 4.79 Å². The van der Waals surface area contributed by atoms with Gasteiger partial charge < -0.3 is 5.32 Å². The molecule has 1 saturated heterocycles. The first-order valence-electron chi connectivity index (χ1n) is 10.2. The Kier molecular flexibility index (Phi) is 5.65. The van der Waals surface area contributed by atoms with Crippen molar-refractivity contribution in [1.29, 1.82) is 0 Å². The first kappa shape index (κ1) is 20.8. The average Bonchev–Trinajstić information content (AvgIpc) is 3.46.